The van der Waals surface area contributed by atoms with E-state index >= 15 is 0 Å². The molecule has 1 unspecified atom stereocenters. The van der Waals surface area contributed by atoms with E-state index in [9.17, 15) is 9.90 Å². The molecule has 0 fully saturated rings. The Labute approximate surface area is 125 Å². The molecule has 4 nitrogen and oxygen atoms in total. The van der Waals surface area contributed by atoms with Gasteiger partial charge in [0.25, 0.3) is 5.91 Å². The quantitative estimate of drug-likeness (QED) is 0.879. The largest absolute Gasteiger partial charge is 0.478 e. The van der Waals surface area contributed by atoms with Crippen LogP contribution in [0.5, 0.6) is 5.75 Å². The number of aliphatic hydroxyl groups excluding tert-OH is 1. The van der Waals surface area contributed by atoms with Crippen molar-refractivity contribution in [3.63, 3.8) is 0 Å². The summed E-state index contributed by atoms with van der Waals surface area (Å²) in [6, 6.07) is 6.81. The Hall–Kier alpha value is -1.26. The zero-order valence-corrected chi connectivity index (χ0v) is 13.3. The molecule has 0 aliphatic carbocycles. The molecule has 1 atom stereocenters. The first-order chi connectivity index (χ1) is 9.04. The van der Waals surface area contributed by atoms with Gasteiger partial charge >= 0.3 is 0 Å². The second-order valence-corrected chi connectivity index (χ2v) is 6.35. The number of hydrogen-bond acceptors (Lipinski definition) is 3. The molecular weight excluding hydrogens is 278 g/mol. The number of ether oxygens (including phenoxy) is 1. The van der Waals surface area contributed by atoms with Crippen molar-refractivity contribution < 1.29 is 14.6 Å². The monoisotopic (exact) mass is 299 g/mol. The first kappa shape index (κ1) is 16.8. The van der Waals surface area contributed by atoms with Gasteiger partial charge in [0.05, 0.1) is 11.6 Å². The van der Waals surface area contributed by atoms with Crippen LogP contribution in [0.4, 0.5) is 0 Å². The minimum Gasteiger partial charge on any atom is -0.478 e. The number of carbonyl (C=O) groups excluding carboxylic acids is 1. The molecule has 112 valence electrons. The van der Waals surface area contributed by atoms with Gasteiger partial charge in [0, 0.05) is 5.02 Å². The van der Waals surface area contributed by atoms with Crippen molar-refractivity contribution in [3.8, 4) is 5.75 Å². The smallest absolute Gasteiger partial charge is 0.264 e. The van der Waals surface area contributed by atoms with Crippen LogP contribution in [-0.2, 0) is 4.79 Å². The van der Waals surface area contributed by atoms with E-state index in [0.29, 0.717) is 10.8 Å². The SMILES string of the molecule is CC(O)C(C)(C)NC(=O)C(C)(C)Oc1ccc(Cl)cc1. The van der Waals surface area contributed by atoms with E-state index in [1.54, 1.807) is 58.9 Å². The Morgan fingerprint density at radius 3 is 2.20 bits per heavy atom. The molecule has 1 amide bonds. The van der Waals surface area contributed by atoms with Crippen LogP contribution in [-0.4, -0.2) is 28.3 Å². The van der Waals surface area contributed by atoms with Crippen molar-refractivity contribution >= 4 is 17.5 Å². The van der Waals surface area contributed by atoms with Crippen molar-refractivity contribution in [2.75, 3.05) is 0 Å². The molecule has 0 aliphatic heterocycles. The van der Waals surface area contributed by atoms with Gasteiger partial charge in [-0.1, -0.05) is 11.6 Å². The molecule has 2 N–H and O–H groups in total. The zero-order chi connectivity index (χ0) is 15.6. The molecule has 5 heteroatoms. The highest BCUT2D eigenvalue weighted by Gasteiger charge is 2.35. The summed E-state index contributed by atoms with van der Waals surface area (Å²) in [7, 11) is 0. The number of aliphatic hydroxyl groups is 1. The lowest BCUT2D eigenvalue weighted by molar-refractivity contribution is -0.137. The molecule has 0 spiro atoms. The fourth-order valence-electron chi connectivity index (χ4n) is 1.39. The Kier molecular flexibility index (Phi) is 5.05. The van der Waals surface area contributed by atoms with Gasteiger partial charge in [-0.05, 0) is 58.9 Å². The number of carbonyl (C=O) groups is 1. The molecule has 0 radical (unpaired) electrons. The van der Waals surface area contributed by atoms with Gasteiger partial charge in [-0.3, -0.25) is 4.79 Å². The average Bonchev–Trinajstić information content (AvgIpc) is 2.31. The third-order valence-electron chi connectivity index (χ3n) is 3.21. The van der Waals surface area contributed by atoms with Crippen LogP contribution < -0.4 is 10.1 Å². The predicted molar refractivity (Wildman–Crippen MR) is 80.1 cm³/mol. The summed E-state index contributed by atoms with van der Waals surface area (Å²) in [6.07, 6.45) is -0.669. The molecule has 0 heterocycles. The highest BCUT2D eigenvalue weighted by molar-refractivity contribution is 6.30. The number of benzene rings is 1. The first-order valence-corrected chi connectivity index (χ1v) is 6.87. The lowest BCUT2D eigenvalue weighted by atomic mass is 9.96. The van der Waals surface area contributed by atoms with Crippen LogP contribution in [0.1, 0.15) is 34.6 Å². The number of amides is 1. The minimum absolute atomic E-state index is 0.293. The van der Waals surface area contributed by atoms with E-state index in [-0.39, 0.29) is 5.91 Å². The second-order valence-electron chi connectivity index (χ2n) is 5.92. The summed E-state index contributed by atoms with van der Waals surface area (Å²) >= 11 is 5.80. The van der Waals surface area contributed by atoms with Crippen LogP contribution in [0.2, 0.25) is 5.02 Å². The second kappa shape index (κ2) is 6.02. The third kappa shape index (κ3) is 4.39. The Balaban J connectivity index is 2.77. The average molecular weight is 300 g/mol. The molecule has 20 heavy (non-hydrogen) atoms. The summed E-state index contributed by atoms with van der Waals surface area (Å²) in [5, 5.41) is 13.0. The number of halogens is 1. The van der Waals surface area contributed by atoms with Gasteiger partial charge in [0.2, 0.25) is 0 Å². The van der Waals surface area contributed by atoms with Gasteiger partial charge in [-0.15, -0.1) is 0 Å². The van der Waals surface area contributed by atoms with E-state index in [0.717, 1.165) is 0 Å². The van der Waals surface area contributed by atoms with E-state index in [1.807, 2.05) is 0 Å². The highest BCUT2D eigenvalue weighted by atomic mass is 35.5. The minimum atomic E-state index is -1.06. The maximum Gasteiger partial charge on any atom is 0.264 e. The molecule has 0 saturated heterocycles. The van der Waals surface area contributed by atoms with Crippen molar-refractivity contribution in [3.05, 3.63) is 29.3 Å². The maximum atomic E-state index is 12.3. The maximum absolute atomic E-state index is 12.3. The lowest BCUT2D eigenvalue weighted by Crippen LogP contribution is -2.57. The summed E-state index contributed by atoms with van der Waals surface area (Å²) in [4.78, 5) is 12.3. The van der Waals surface area contributed by atoms with Gasteiger partial charge in [-0.2, -0.15) is 0 Å². The summed E-state index contributed by atoms with van der Waals surface area (Å²) in [6.45, 7) is 8.50. The van der Waals surface area contributed by atoms with Crippen molar-refractivity contribution in [1.82, 2.24) is 5.32 Å². The number of rotatable bonds is 5. The molecule has 0 aromatic heterocycles. The van der Waals surface area contributed by atoms with E-state index in [2.05, 4.69) is 5.32 Å². The van der Waals surface area contributed by atoms with Crippen LogP contribution in [0.25, 0.3) is 0 Å². The first-order valence-electron chi connectivity index (χ1n) is 6.50. The van der Waals surface area contributed by atoms with Crippen molar-refractivity contribution in [1.29, 1.82) is 0 Å². The van der Waals surface area contributed by atoms with Crippen LogP contribution >= 0.6 is 11.6 Å². The molecule has 0 aliphatic rings. The third-order valence-corrected chi connectivity index (χ3v) is 3.47. The molecule has 0 bridgehead atoms. The molecule has 1 aromatic carbocycles. The van der Waals surface area contributed by atoms with Gasteiger partial charge in [0.1, 0.15) is 5.75 Å². The van der Waals surface area contributed by atoms with Crippen molar-refractivity contribution in [2.45, 2.75) is 51.9 Å². The van der Waals surface area contributed by atoms with Crippen LogP contribution in [0, 0.1) is 0 Å². The van der Waals surface area contributed by atoms with Crippen molar-refractivity contribution in [2.24, 2.45) is 0 Å². The predicted octanol–water partition coefficient (Wildman–Crippen LogP) is 2.77. The normalized spacial score (nSPS) is 13.8. The van der Waals surface area contributed by atoms with Gasteiger partial charge < -0.3 is 15.2 Å². The Morgan fingerprint density at radius 2 is 1.75 bits per heavy atom. The topological polar surface area (TPSA) is 58.6 Å². The highest BCUT2D eigenvalue weighted by Crippen LogP contribution is 2.22. The fraction of sp³-hybridized carbons (Fsp3) is 0.533. The zero-order valence-electron chi connectivity index (χ0n) is 12.5. The summed E-state index contributed by atoms with van der Waals surface area (Å²) in [5.74, 6) is 0.266. The van der Waals surface area contributed by atoms with Gasteiger partial charge in [-0.25, -0.2) is 0 Å². The molecule has 1 aromatic rings. The van der Waals surface area contributed by atoms with E-state index in [1.165, 1.54) is 0 Å². The van der Waals surface area contributed by atoms with E-state index in [4.69, 9.17) is 16.3 Å². The number of hydrogen-bond donors (Lipinski definition) is 2. The molecule has 1 rings (SSSR count). The fourth-order valence-corrected chi connectivity index (χ4v) is 1.52. The van der Waals surface area contributed by atoms with Gasteiger partial charge in [0.15, 0.2) is 5.60 Å². The molecular formula is C15H22ClNO3. The standard InChI is InChI=1S/C15H22ClNO3/c1-10(18)14(2,3)17-13(19)15(4,5)20-12-8-6-11(16)7-9-12/h6-10,18H,1-5H3,(H,17,19). The number of nitrogens with one attached hydrogen (secondary N) is 1. The Morgan fingerprint density at radius 1 is 1.25 bits per heavy atom. The van der Waals surface area contributed by atoms with E-state index < -0.39 is 17.2 Å². The lowest BCUT2D eigenvalue weighted by Gasteiger charge is -2.34. The summed E-state index contributed by atoms with van der Waals surface area (Å²) < 4.78 is 5.69. The van der Waals surface area contributed by atoms with Crippen LogP contribution in [0.15, 0.2) is 24.3 Å². The summed E-state index contributed by atoms with van der Waals surface area (Å²) in [5.41, 5.74) is -1.78. The van der Waals surface area contributed by atoms with Crippen LogP contribution in [0.3, 0.4) is 0 Å². The molecule has 0 saturated carbocycles. The Bertz CT molecular complexity index is 467.